The van der Waals surface area contributed by atoms with Crippen LogP contribution in [0, 0.1) is 82.5 Å². The Morgan fingerprint density at radius 3 is 1.25 bits per heavy atom. The van der Waals surface area contributed by atoms with Gasteiger partial charge in [0.2, 0.25) is 0 Å². The second kappa shape index (κ2) is 15.7. The van der Waals surface area contributed by atoms with Gasteiger partial charge in [0.1, 0.15) is 0 Å². The van der Waals surface area contributed by atoms with Crippen LogP contribution in [0.3, 0.4) is 0 Å². The van der Waals surface area contributed by atoms with Crippen LogP contribution in [-0.2, 0) is 21.1 Å². The van der Waals surface area contributed by atoms with Crippen LogP contribution in [-0.4, -0.2) is 0 Å². The van der Waals surface area contributed by atoms with E-state index in [2.05, 4.69) is 0 Å². The molecule has 0 spiro atoms. The third-order valence-electron chi connectivity index (χ3n) is 0. The van der Waals surface area contributed by atoms with Gasteiger partial charge in [-0.15, -0.1) is 0 Å². The third kappa shape index (κ3) is 10.1. The van der Waals surface area contributed by atoms with Crippen LogP contribution in [0.25, 0.3) is 0 Å². The molecule has 4 heavy (non-hydrogen) atoms. The summed E-state index contributed by atoms with van der Waals surface area (Å²) in [6, 6.07) is 0. The van der Waals surface area contributed by atoms with E-state index in [4.69, 9.17) is 0 Å². The Kier molecular flexibility index (Phi) is 90.2. The van der Waals surface area contributed by atoms with Crippen molar-refractivity contribution in [3.05, 3.63) is 0 Å². The number of rotatable bonds is 0. The van der Waals surface area contributed by atoms with Gasteiger partial charge in [-0.05, 0) is 0 Å². The Bertz CT molecular complexity index is 11.6. The van der Waals surface area contributed by atoms with Crippen LogP contribution in [0.1, 0.15) is 1.43 Å². The minimum Gasteiger partial charge on any atom is -1.00 e. The maximum atomic E-state index is 0. The van der Waals surface area contributed by atoms with Crippen molar-refractivity contribution in [3.63, 3.8) is 0 Å². The Hall–Kier alpha value is 5.04. The van der Waals surface area contributed by atoms with Crippen molar-refractivity contribution in [1.82, 2.24) is 0 Å². The Balaban J connectivity index is 0. The molecule has 0 aromatic carbocycles. The van der Waals surface area contributed by atoms with Crippen molar-refractivity contribution < 1.29 is 156 Å². The molecule has 0 bridgehead atoms. The zero-order valence-electron chi connectivity index (χ0n) is 3.25. The standard InChI is InChI=1S/K.La.Mo.Yb.H/q+1;;;;-1. The molecule has 0 saturated heterocycles. The molecular weight excluding hydrogens is 447 g/mol. The largest absolute Gasteiger partial charge is 1.00 e. The molecule has 0 unspecified atom stereocenters. The predicted molar refractivity (Wildman–Crippen MR) is 1.11 cm³/mol. The molecule has 4 heteroatoms. The predicted octanol–water partition coefficient (Wildman–Crippen LogP) is -2.89. The quantitative estimate of drug-likeness (QED) is 0.350. The fourth-order valence-corrected chi connectivity index (χ4v) is 0. The maximum absolute atomic E-state index is 0. The SMILES string of the molecule is [H-].[K+].[La].[Mo].[Yb]. The van der Waals surface area contributed by atoms with Crippen molar-refractivity contribution in [1.29, 1.82) is 0 Å². The Morgan fingerprint density at radius 1 is 1.25 bits per heavy atom. The van der Waals surface area contributed by atoms with Gasteiger partial charge in [0.05, 0.1) is 0 Å². The monoisotopic (exact) mass is 451 g/mol. The second-order valence-electron chi connectivity index (χ2n) is 0. The zero-order valence-corrected chi connectivity index (χ0v) is 12.7. The van der Waals surface area contributed by atoms with Gasteiger partial charge in [0.25, 0.3) is 0 Å². The van der Waals surface area contributed by atoms with E-state index in [0.717, 1.165) is 0 Å². The first-order chi connectivity index (χ1) is 0. The number of hydrogen-bond acceptors (Lipinski definition) is 0. The van der Waals surface area contributed by atoms with Crippen LogP contribution < -0.4 is 51.4 Å². The summed E-state index contributed by atoms with van der Waals surface area (Å²) in [5.41, 5.74) is 0. The van der Waals surface area contributed by atoms with E-state index in [0.29, 0.717) is 0 Å². The second-order valence-corrected chi connectivity index (χ2v) is 0. The summed E-state index contributed by atoms with van der Waals surface area (Å²) in [5, 5.41) is 0. The minimum absolute atomic E-state index is 0. The van der Waals surface area contributed by atoms with Gasteiger partial charge in [-0.25, -0.2) is 0 Å². The molecule has 0 heterocycles. The molecule has 0 aromatic rings. The van der Waals surface area contributed by atoms with Crippen molar-refractivity contribution in [2.75, 3.05) is 0 Å². The first kappa shape index (κ1) is 23.0. The molecule has 1 radical (unpaired) electrons. The summed E-state index contributed by atoms with van der Waals surface area (Å²) in [7, 11) is 0. The van der Waals surface area contributed by atoms with Gasteiger partial charge >= 0.3 is 51.4 Å². The van der Waals surface area contributed by atoms with Crippen LogP contribution in [0.2, 0.25) is 0 Å². The van der Waals surface area contributed by atoms with Crippen molar-refractivity contribution in [2.45, 2.75) is 0 Å². The van der Waals surface area contributed by atoms with Gasteiger partial charge in [-0.3, -0.25) is 0 Å². The van der Waals surface area contributed by atoms with Crippen molar-refractivity contribution in [2.24, 2.45) is 0 Å². The summed E-state index contributed by atoms with van der Waals surface area (Å²) in [6.45, 7) is 0. The van der Waals surface area contributed by atoms with Crippen LogP contribution >= 0.6 is 0 Å². The van der Waals surface area contributed by atoms with Gasteiger partial charge in [-0.2, -0.15) is 0 Å². The van der Waals surface area contributed by atoms with Crippen LogP contribution in [0.5, 0.6) is 0 Å². The molecule has 0 aliphatic heterocycles. The first-order valence-corrected chi connectivity index (χ1v) is 0. The van der Waals surface area contributed by atoms with E-state index >= 15 is 0 Å². The molecule has 0 N–H and O–H groups in total. The molecule has 0 amide bonds. The van der Waals surface area contributed by atoms with Gasteiger partial charge in [-0.1, -0.05) is 0 Å². The average molecular weight is 448 g/mol. The van der Waals surface area contributed by atoms with E-state index in [1.54, 1.807) is 0 Å². The summed E-state index contributed by atoms with van der Waals surface area (Å²) in [5.74, 6) is 0. The molecule has 0 aliphatic rings. The van der Waals surface area contributed by atoms with Crippen molar-refractivity contribution in [3.8, 4) is 0 Å². The maximum Gasteiger partial charge on any atom is 1.00 e. The molecule has 0 fully saturated rings. The Labute approximate surface area is 151 Å². The van der Waals surface area contributed by atoms with Crippen LogP contribution in [0.15, 0.2) is 0 Å². The van der Waals surface area contributed by atoms with Gasteiger partial charge in [0.15, 0.2) is 0 Å². The van der Waals surface area contributed by atoms with Gasteiger partial charge in [0, 0.05) is 104 Å². The third-order valence-corrected chi connectivity index (χ3v) is 0. The topological polar surface area (TPSA) is 0 Å². The smallest absolute Gasteiger partial charge is 1.00 e. The molecular formula is HKLaMoYb. The molecule has 0 nitrogen and oxygen atoms in total. The molecule has 0 saturated carbocycles. The van der Waals surface area contributed by atoms with E-state index in [1.165, 1.54) is 0 Å². The number of hydrogen-bond donors (Lipinski definition) is 0. The molecule has 25 valence electrons. The average Bonchev–Trinajstić information content (AvgIpc) is 0. The summed E-state index contributed by atoms with van der Waals surface area (Å²) in [6.07, 6.45) is 0. The summed E-state index contributed by atoms with van der Waals surface area (Å²) < 4.78 is 0. The minimum atomic E-state index is 0. The summed E-state index contributed by atoms with van der Waals surface area (Å²) in [4.78, 5) is 0. The first-order valence-electron chi connectivity index (χ1n) is 0. The fraction of sp³-hybridized carbons (Fsp3) is 0. The van der Waals surface area contributed by atoms with E-state index in [-0.39, 0.29) is 156 Å². The van der Waals surface area contributed by atoms with E-state index in [1.807, 2.05) is 0 Å². The zero-order chi connectivity index (χ0) is 0. The summed E-state index contributed by atoms with van der Waals surface area (Å²) >= 11 is 0. The van der Waals surface area contributed by atoms with Crippen molar-refractivity contribution >= 4 is 0 Å². The molecule has 0 rings (SSSR count). The normalized spacial score (nSPS) is 0. The Morgan fingerprint density at radius 2 is 1.25 bits per heavy atom. The molecule has 0 aromatic heterocycles. The van der Waals surface area contributed by atoms with Crippen LogP contribution in [0.4, 0.5) is 0 Å². The van der Waals surface area contributed by atoms with Gasteiger partial charge < -0.3 is 1.43 Å². The fourth-order valence-electron chi connectivity index (χ4n) is 0. The molecule has 0 aliphatic carbocycles. The van der Waals surface area contributed by atoms with E-state index in [9.17, 15) is 0 Å². The molecule has 0 atom stereocenters. The van der Waals surface area contributed by atoms with E-state index < -0.39 is 0 Å².